The second-order valence-corrected chi connectivity index (χ2v) is 9.22. The molecule has 0 radical (unpaired) electrons. The molecule has 2 aliphatic heterocycles. The predicted octanol–water partition coefficient (Wildman–Crippen LogP) is 1.98. The van der Waals surface area contributed by atoms with Crippen molar-refractivity contribution in [3.8, 4) is 0 Å². The molecular weight excluding hydrogens is 392 g/mol. The molecule has 166 valence electrons. The van der Waals surface area contributed by atoms with E-state index in [0.717, 1.165) is 62.0 Å². The van der Waals surface area contributed by atoms with E-state index in [-0.39, 0.29) is 17.2 Å². The first-order valence-corrected chi connectivity index (χ1v) is 10.8. The number of nitrogens with zero attached hydrogens (tertiary/aromatic N) is 3. The van der Waals surface area contributed by atoms with Gasteiger partial charge in [-0.3, -0.25) is 4.79 Å². The zero-order valence-electron chi connectivity index (χ0n) is 18.3. The number of hydrazine groups is 1. The van der Waals surface area contributed by atoms with E-state index in [1.807, 2.05) is 24.3 Å². The van der Waals surface area contributed by atoms with Gasteiger partial charge in [0.1, 0.15) is 5.82 Å². The van der Waals surface area contributed by atoms with Crippen LogP contribution in [0.15, 0.2) is 36.7 Å². The first-order chi connectivity index (χ1) is 14.8. The Labute approximate surface area is 183 Å². The minimum absolute atomic E-state index is 0.0178. The summed E-state index contributed by atoms with van der Waals surface area (Å²) in [6.45, 7) is 6.89. The fourth-order valence-electron chi connectivity index (χ4n) is 4.35. The van der Waals surface area contributed by atoms with Crippen LogP contribution in [0.25, 0.3) is 16.5 Å². The number of pyridine rings is 1. The Hall–Kier alpha value is -2.68. The number of rotatable bonds is 6. The molecule has 0 spiro atoms. The van der Waals surface area contributed by atoms with Crippen LogP contribution < -0.4 is 16.9 Å². The molecule has 2 aliphatic rings. The molecule has 3 heterocycles. The average Bonchev–Trinajstić information content (AvgIpc) is 2.72. The lowest BCUT2D eigenvalue weighted by molar-refractivity contribution is -0.125. The van der Waals surface area contributed by atoms with Gasteiger partial charge in [-0.1, -0.05) is 19.1 Å². The van der Waals surface area contributed by atoms with Crippen LogP contribution in [-0.4, -0.2) is 60.7 Å². The molecule has 5 N–H and O–H groups in total. The molecule has 2 fully saturated rings. The number of likely N-dealkylation sites (tertiary alicyclic amines) is 1. The minimum atomic E-state index is 0.0178. The summed E-state index contributed by atoms with van der Waals surface area (Å²) in [7, 11) is 1.72. The normalized spacial score (nSPS) is 19.8. The Morgan fingerprint density at radius 2 is 2.06 bits per heavy atom. The third-order valence-corrected chi connectivity index (χ3v) is 6.11. The number of anilines is 1. The molecule has 8 nitrogen and oxygen atoms in total. The van der Waals surface area contributed by atoms with Crippen molar-refractivity contribution in [2.24, 2.45) is 22.9 Å². The number of fused-ring (bicyclic) bond motifs is 1. The Morgan fingerprint density at radius 1 is 1.32 bits per heavy atom. The third kappa shape index (κ3) is 5.15. The van der Waals surface area contributed by atoms with Gasteiger partial charge in [0.25, 0.3) is 0 Å². The third-order valence-electron chi connectivity index (χ3n) is 6.11. The Bertz CT molecular complexity index is 977. The summed E-state index contributed by atoms with van der Waals surface area (Å²) in [5.41, 5.74) is 7.83. The van der Waals surface area contributed by atoms with Gasteiger partial charge in [0.05, 0.1) is 18.9 Å². The number of amides is 1. The molecule has 2 saturated heterocycles. The van der Waals surface area contributed by atoms with E-state index in [1.54, 1.807) is 19.4 Å². The molecule has 8 heteroatoms. The summed E-state index contributed by atoms with van der Waals surface area (Å²) in [4.78, 5) is 19.7. The van der Waals surface area contributed by atoms with Gasteiger partial charge in [-0.25, -0.2) is 10.8 Å². The summed E-state index contributed by atoms with van der Waals surface area (Å²) < 4.78 is 5.36. The molecule has 1 amide bonds. The van der Waals surface area contributed by atoms with Gasteiger partial charge in [-0.05, 0) is 49.0 Å². The van der Waals surface area contributed by atoms with Crippen molar-refractivity contribution < 1.29 is 9.53 Å². The van der Waals surface area contributed by atoms with Crippen LogP contribution in [0.5, 0.6) is 0 Å². The van der Waals surface area contributed by atoms with Crippen LogP contribution in [0.4, 0.5) is 5.82 Å². The zero-order valence-corrected chi connectivity index (χ0v) is 18.3. The van der Waals surface area contributed by atoms with Crippen molar-refractivity contribution in [3.63, 3.8) is 0 Å². The van der Waals surface area contributed by atoms with Crippen LogP contribution >= 0.6 is 0 Å². The summed E-state index contributed by atoms with van der Waals surface area (Å²) in [6.07, 6.45) is 5.17. The Kier molecular flexibility index (Phi) is 6.13. The van der Waals surface area contributed by atoms with E-state index in [2.05, 4.69) is 22.1 Å². The molecule has 31 heavy (non-hydrogen) atoms. The number of aromatic nitrogens is 1. The number of benzene rings is 1. The molecule has 2 aromatic rings. The number of carbonyl (C=O) groups is 1. The van der Waals surface area contributed by atoms with E-state index < -0.39 is 0 Å². The van der Waals surface area contributed by atoms with E-state index >= 15 is 0 Å². The molecule has 1 aromatic carbocycles. The standard InChI is InChI=1S/C23H32N6O2/c1-23(14-31-15-23)13-29-7-5-16(6-8-29)22(30)27-21-10-19-9-17(20(24)12-28(2)25)3-4-18(19)11-26-21/h3-4,9-12,16H,5-8,13-15,24-25H2,1-2H3,(H,26,27,30)/b20-12-. The second-order valence-electron chi connectivity index (χ2n) is 9.22. The molecule has 0 aliphatic carbocycles. The molecular formula is C23H32N6O2. The van der Waals surface area contributed by atoms with Crippen LogP contribution in [0, 0.1) is 11.3 Å². The van der Waals surface area contributed by atoms with Gasteiger partial charge in [0.2, 0.25) is 5.91 Å². The van der Waals surface area contributed by atoms with E-state index in [4.69, 9.17) is 16.3 Å². The monoisotopic (exact) mass is 424 g/mol. The number of hydrogen-bond donors (Lipinski definition) is 3. The van der Waals surface area contributed by atoms with Gasteiger partial charge < -0.3 is 25.7 Å². The number of nitrogens with two attached hydrogens (primary N) is 2. The fraction of sp³-hybridized carbons (Fsp3) is 0.478. The van der Waals surface area contributed by atoms with Crippen LogP contribution in [0.1, 0.15) is 25.3 Å². The van der Waals surface area contributed by atoms with Crippen LogP contribution in [0.3, 0.4) is 0 Å². The van der Waals surface area contributed by atoms with Gasteiger partial charge in [-0.2, -0.15) is 0 Å². The largest absolute Gasteiger partial charge is 0.397 e. The summed E-state index contributed by atoms with van der Waals surface area (Å²) >= 11 is 0. The quantitative estimate of drug-likeness (QED) is 0.480. The lowest BCUT2D eigenvalue weighted by Gasteiger charge is -2.43. The minimum Gasteiger partial charge on any atom is -0.397 e. The average molecular weight is 425 g/mol. The van der Waals surface area contributed by atoms with Crippen LogP contribution in [-0.2, 0) is 9.53 Å². The SMILES string of the molecule is CN(N)/C=C(\N)c1ccc2cnc(NC(=O)C3CCN(CC4(C)COC4)CC3)cc2c1. The highest BCUT2D eigenvalue weighted by Crippen LogP contribution is 2.30. The number of nitrogens with one attached hydrogen (secondary N) is 1. The van der Waals surface area contributed by atoms with Gasteiger partial charge >= 0.3 is 0 Å². The Morgan fingerprint density at radius 3 is 2.71 bits per heavy atom. The topological polar surface area (TPSA) is 110 Å². The molecule has 0 unspecified atom stereocenters. The van der Waals surface area contributed by atoms with Gasteiger partial charge in [0.15, 0.2) is 0 Å². The van der Waals surface area contributed by atoms with Crippen molar-refractivity contribution in [1.29, 1.82) is 0 Å². The molecule has 0 saturated carbocycles. The van der Waals surface area contributed by atoms with Crippen molar-refractivity contribution in [2.75, 3.05) is 45.2 Å². The molecule has 1 aromatic heterocycles. The summed E-state index contributed by atoms with van der Waals surface area (Å²) in [5, 5.41) is 6.37. The summed E-state index contributed by atoms with van der Waals surface area (Å²) in [6, 6.07) is 7.76. The van der Waals surface area contributed by atoms with Gasteiger partial charge in [0, 0.05) is 42.7 Å². The number of hydrogen-bond acceptors (Lipinski definition) is 7. The Balaban J connectivity index is 1.38. The van der Waals surface area contributed by atoms with Crippen molar-refractivity contribution >= 4 is 28.2 Å². The second kappa shape index (κ2) is 8.82. The van der Waals surface area contributed by atoms with E-state index in [9.17, 15) is 4.79 Å². The predicted molar refractivity (Wildman–Crippen MR) is 123 cm³/mol. The number of ether oxygens (including phenoxy) is 1. The molecule has 0 bridgehead atoms. The number of carbonyl (C=O) groups excluding carboxylic acids is 1. The van der Waals surface area contributed by atoms with Crippen molar-refractivity contribution in [2.45, 2.75) is 19.8 Å². The van der Waals surface area contributed by atoms with Crippen molar-refractivity contribution in [1.82, 2.24) is 14.9 Å². The first kappa shape index (κ1) is 21.5. The molecule has 0 atom stereocenters. The maximum absolute atomic E-state index is 12.8. The maximum atomic E-state index is 12.8. The van der Waals surface area contributed by atoms with E-state index in [0.29, 0.717) is 11.5 Å². The smallest absolute Gasteiger partial charge is 0.228 e. The highest BCUT2D eigenvalue weighted by atomic mass is 16.5. The lowest BCUT2D eigenvalue weighted by Crippen LogP contribution is -2.51. The van der Waals surface area contributed by atoms with E-state index in [1.165, 1.54) is 5.01 Å². The van der Waals surface area contributed by atoms with Crippen LogP contribution in [0.2, 0.25) is 0 Å². The van der Waals surface area contributed by atoms with Gasteiger partial charge in [-0.15, -0.1) is 0 Å². The highest BCUT2D eigenvalue weighted by molar-refractivity contribution is 5.94. The fourth-order valence-corrected chi connectivity index (χ4v) is 4.35. The van der Waals surface area contributed by atoms with Crippen molar-refractivity contribution in [3.05, 3.63) is 42.2 Å². The summed E-state index contributed by atoms with van der Waals surface area (Å²) in [5.74, 6) is 6.28. The lowest BCUT2D eigenvalue weighted by atomic mass is 9.86. The number of piperidine rings is 1. The maximum Gasteiger partial charge on any atom is 0.228 e. The zero-order chi connectivity index (χ0) is 22.0. The highest BCUT2D eigenvalue weighted by Gasteiger charge is 2.36. The first-order valence-electron chi connectivity index (χ1n) is 10.8. The molecule has 4 rings (SSSR count).